The van der Waals surface area contributed by atoms with Crippen LogP contribution < -0.4 is 16.6 Å². The van der Waals surface area contributed by atoms with Crippen LogP contribution in [0.15, 0.2) is 0 Å². The first-order valence-electron chi connectivity index (χ1n) is 6.51. The van der Waals surface area contributed by atoms with Crippen molar-refractivity contribution < 1.29 is 14.3 Å². The number of carbonyl (C=O) groups is 2. The lowest BCUT2D eigenvalue weighted by molar-refractivity contribution is -0.122. The normalized spacial score (nSPS) is 17.9. The smallest absolute Gasteiger partial charge is 0.407 e. The number of hydrazine groups is 1. The second-order valence-electron chi connectivity index (χ2n) is 5.76. The Bertz CT molecular complexity index is 319. The molecule has 4 N–H and O–H groups in total. The Balaban J connectivity index is 2.26. The fourth-order valence-electron chi connectivity index (χ4n) is 1.96. The number of ether oxygens (including phenoxy) is 1. The van der Waals surface area contributed by atoms with E-state index in [4.69, 9.17) is 10.6 Å². The van der Waals surface area contributed by atoms with E-state index in [1.807, 2.05) is 25.7 Å². The Morgan fingerprint density at radius 3 is 2.37 bits per heavy atom. The van der Waals surface area contributed by atoms with Crippen LogP contribution in [0.3, 0.4) is 0 Å². The molecule has 110 valence electrons. The molecule has 2 amide bonds. The predicted octanol–water partition coefficient (Wildman–Crippen LogP) is -0.0346. The lowest BCUT2D eigenvalue weighted by atomic mass is 10.1. The van der Waals surface area contributed by atoms with Crippen molar-refractivity contribution in [1.29, 1.82) is 0 Å². The van der Waals surface area contributed by atoms with Gasteiger partial charge in [0.05, 0.1) is 6.54 Å². The molecule has 7 heteroatoms. The van der Waals surface area contributed by atoms with Gasteiger partial charge in [0.2, 0.25) is 5.91 Å². The summed E-state index contributed by atoms with van der Waals surface area (Å²) >= 11 is 0. The summed E-state index contributed by atoms with van der Waals surface area (Å²) < 4.78 is 5.20. The maximum Gasteiger partial charge on any atom is 0.407 e. The first kappa shape index (κ1) is 15.7. The molecular weight excluding hydrogens is 248 g/mol. The van der Waals surface area contributed by atoms with Gasteiger partial charge in [-0.2, -0.15) is 0 Å². The molecule has 1 aliphatic heterocycles. The van der Waals surface area contributed by atoms with Crippen LogP contribution in [0.2, 0.25) is 0 Å². The van der Waals surface area contributed by atoms with Crippen molar-refractivity contribution in [1.82, 2.24) is 15.6 Å². The summed E-state index contributed by atoms with van der Waals surface area (Å²) in [6.45, 7) is 7.32. The molecule has 0 spiro atoms. The van der Waals surface area contributed by atoms with Crippen LogP contribution in [0.4, 0.5) is 4.79 Å². The van der Waals surface area contributed by atoms with Crippen LogP contribution >= 0.6 is 0 Å². The fourth-order valence-corrected chi connectivity index (χ4v) is 1.96. The predicted molar refractivity (Wildman–Crippen MR) is 71.2 cm³/mol. The number of alkyl carbamates (subject to hydrolysis) is 1. The molecule has 1 heterocycles. The molecule has 0 aromatic heterocycles. The molecule has 0 bridgehead atoms. The Labute approximate surface area is 113 Å². The highest BCUT2D eigenvalue weighted by molar-refractivity contribution is 5.77. The van der Waals surface area contributed by atoms with Gasteiger partial charge >= 0.3 is 6.09 Å². The maximum atomic E-state index is 11.6. The summed E-state index contributed by atoms with van der Waals surface area (Å²) in [4.78, 5) is 24.7. The largest absolute Gasteiger partial charge is 0.444 e. The summed E-state index contributed by atoms with van der Waals surface area (Å²) in [5.74, 6) is 4.85. The molecule has 1 saturated heterocycles. The van der Waals surface area contributed by atoms with E-state index in [2.05, 4.69) is 10.7 Å². The van der Waals surface area contributed by atoms with Crippen LogP contribution in [-0.2, 0) is 9.53 Å². The molecule has 0 aromatic carbocycles. The monoisotopic (exact) mass is 272 g/mol. The minimum Gasteiger partial charge on any atom is -0.444 e. The van der Waals surface area contributed by atoms with Crippen molar-refractivity contribution in [2.24, 2.45) is 5.84 Å². The van der Waals surface area contributed by atoms with Crippen LogP contribution in [-0.4, -0.2) is 48.2 Å². The van der Waals surface area contributed by atoms with Crippen LogP contribution in [0.25, 0.3) is 0 Å². The highest BCUT2D eigenvalue weighted by Gasteiger charge is 2.24. The molecule has 0 aliphatic carbocycles. The van der Waals surface area contributed by atoms with E-state index in [0.717, 1.165) is 25.9 Å². The average molecular weight is 272 g/mol. The number of nitrogens with zero attached hydrogens (tertiary/aromatic N) is 1. The molecule has 0 radical (unpaired) electrons. The topological polar surface area (TPSA) is 96.7 Å². The summed E-state index contributed by atoms with van der Waals surface area (Å²) in [5.41, 5.74) is 1.63. The molecule has 1 aliphatic rings. The first-order valence-corrected chi connectivity index (χ1v) is 6.51. The van der Waals surface area contributed by atoms with Gasteiger partial charge in [0, 0.05) is 19.1 Å². The molecule has 0 aromatic rings. The minimum absolute atomic E-state index is 0.104. The van der Waals surface area contributed by atoms with Gasteiger partial charge in [-0.15, -0.1) is 0 Å². The van der Waals surface area contributed by atoms with Crippen molar-refractivity contribution in [2.45, 2.75) is 45.3 Å². The van der Waals surface area contributed by atoms with Gasteiger partial charge < -0.3 is 10.1 Å². The van der Waals surface area contributed by atoms with Gasteiger partial charge in [0.25, 0.3) is 0 Å². The zero-order valence-electron chi connectivity index (χ0n) is 11.9. The van der Waals surface area contributed by atoms with Crippen molar-refractivity contribution in [3.8, 4) is 0 Å². The molecule has 1 rings (SSSR count). The summed E-state index contributed by atoms with van der Waals surface area (Å²) in [6.07, 6.45) is 1.22. The van der Waals surface area contributed by atoms with Crippen LogP contribution in [0, 0.1) is 0 Å². The van der Waals surface area contributed by atoms with E-state index >= 15 is 0 Å². The van der Waals surface area contributed by atoms with E-state index in [1.54, 1.807) is 0 Å². The summed E-state index contributed by atoms with van der Waals surface area (Å²) in [6, 6.07) is 0.104. The number of likely N-dealkylation sites (tertiary alicyclic amines) is 1. The number of piperidine rings is 1. The van der Waals surface area contributed by atoms with Crippen molar-refractivity contribution >= 4 is 12.0 Å². The van der Waals surface area contributed by atoms with E-state index in [9.17, 15) is 9.59 Å². The van der Waals surface area contributed by atoms with Gasteiger partial charge in [-0.1, -0.05) is 0 Å². The minimum atomic E-state index is -0.482. The van der Waals surface area contributed by atoms with E-state index in [-0.39, 0.29) is 18.0 Å². The van der Waals surface area contributed by atoms with Gasteiger partial charge in [0.1, 0.15) is 5.60 Å². The third kappa shape index (κ3) is 6.40. The molecule has 7 nitrogen and oxygen atoms in total. The number of nitrogens with one attached hydrogen (secondary N) is 2. The van der Waals surface area contributed by atoms with E-state index in [0.29, 0.717) is 6.54 Å². The second-order valence-corrected chi connectivity index (χ2v) is 5.76. The van der Waals surface area contributed by atoms with E-state index in [1.165, 1.54) is 0 Å². The molecular formula is C12H24N4O3. The van der Waals surface area contributed by atoms with Crippen LogP contribution in [0.1, 0.15) is 33.6 Å². The van der Waals surface area contributed by atoms with E-state index < -0.39 is 5.60 Å². The molecule has 0 unspecified atom stereocenters. The maximum absolute atomic E-state index is 11.6. The second kappa shape index (κ2) is 6.72. The Morgan fingerprint density at radius 1 is 1.32 bits per heavy atom. The number of hydrogen-bond acceptors (Lipinski definition) is 5. The third-order valence-electron chi connectivity index (χ3n) is 2.84. The highest BCUT2D eigenvalue weighted by atomic mass is 16.6. The number of rotatable bonds is 3. The SMILES string of the molecule is CC(C)(C)OC(=O)NC1CCN(CC(=O)NN)CC1. The van der Waals surface area contributed by atoms with Gasteiger partial charge in [-0.25, -0.2) is 10.6 Å². The zero-order valence-corrected chi connectivity index (χ0v) is 11.9. The lowest BCUT2D eigenvalue weighted by Crippen LogP contribution is -2.48. The summed E-state index contributed by atoms with van der Waals surface area (Å²) in [5, 5.41) is 2.85. The quantitative estimate of drug-likeness (QED) is 0.381. The Morgan fingerprint density at radius 2 is 1.89 bits per heavy atom. The zero-order chi connectivity index (χ0) is 14.5. The number of amides is 2. The van der Waals surface area contributed by atoms with Crippen molar-refractivity contribution in [3.05, 3.63) is 0 Å². The first-order chi connectivity index (χ1) is 8.80. The van der Waals surface area contributed by atoms with Gasteiger partial charge in [-0.05, 0) is 33.6 Å². The van der Waals surface area contributed by atoms with Crippen molar-refractivity contribution in [3.63, 3.8) is 0 Å². The van der Waals surface area contributed by atoms with Gasteiger partial charge in [0.15, 0.2) is 0 Å². The van der Waals surface area contributed by atoms with Crippen molar-refractivity contribution in [2.75, 3.05) is 19.6 Å². The Kier molecular flexibility index (Phi) is 5.56. The molecule has 0 saturated carbocycles. The number of carbonyl (C=O) groups excluding carboxylic acids is 2. The highest BCUT2D eigenvalue weighted by Crippen LogP contribution is 2.12. The number of nitrogens with two attached hydrogens (primary N) is 1. The summed E-state index contributed by atoms with van der Waals surface area (Å²) in [7, 11) is 0. The molecule has 1 fully saturated rings. The third-order valence-corrected chi connectivity index (χ3v) is 2.84. The fraction of sp³-hybridized carbons (Fsp3) is 0.833. The average Bonchev–Trinajstić information content (AvgIpc) is 2.29. The number of hydrogen-bond donors (Lipinski definition) is 3. The lowest BCUT2D eigenvalue weighted by Gasteiger charge is -2.32. The Hall–Kier alpha value is -1.34. The van der Waals surface area contributed by atoms with Crippen LogP contribution in [0.5, 0.6) is 0 Å². The van der Waals surface area contributed by atoms with Gasteiger partial charge in [-0.3, -0.25) is 15.1 Å². The molecule has 19 heavy (non-hydrogen) atoms. The molecule has 0 atom stereocenters. The standard InChI is InChI=1S/C12H24N4O3/c1-12(2,3)19-11(18)14-9-4-6-16(7-5-9)8-10(17)15-13/h9H,4-8,13H2,1-3H3,(H,14,18)(H,15,17).